The quantitative estimate of drug-likeness (QED) is 0.881. The summed E-state index contributed by atoms with van der Waals surface area (Å²) in [5.41, 5.74) is 5.52. The van der Waals surface area contributed by atoms with Crippen LogP contribution in [0.15, 0.2) is 36.4 Å². The summed E-state index contributed by atoms with van der Waals surface area (Å²) in [6, 6.07) is 11.9. The molecule has 1 nitrogen and oxygen atoms in total. The van der Waals surface area contributed by atoms with Gasteiger partial charge >= 0.3 is 0 Å². The van der Waals surface area contributed by atoms with Crippen molar-refractivity contribution in [1.29, 1.82) is 0 Å². The topological polar surface area (TPSA) is 12.0 Å². The Morgan fingerprint density at radius 3 is 2.70 bits per heavy atom. The van der Waals surface area contributed by atoms with Crippen molar-refractivity contribution >= 4 is 0 Å². The van der Waals surface area contributed by atoms with Crippen molar-refractivity contribution in [2.24, 2.45) is 0 Å². The van der Waals surface area contributed by atoms with Crippen LogP contribution in [0.2, 0.25) is 0 Å². The van der Waals surface area contributed by atoms with Gasteiger partial charge in [0, 0.05) is 12.1 Å². The number of nitrogens with one attached hydrogen (secondary N) is 1. The molecule has 0 bridgehead atoms. The first-order valence-corrected chi connectivity index (χ1v) is 7.39. The zero-order valence-corrected chi connectivity index (χ0v) is 11.9. The Hall–Kier alpha value is -1.67. The van der Waals surface area contributed by atoms with Gasteiger partial charge in [0.25, 0.3) is 0 Å². The predicted molar refractivity (Wildman–Crippen MR) is 81.2 cm³/mol. The van der Waals surface area contributed by atoms with E-state index in [-0.39, 0.29) is 5.82 Å². The molecule has 3 rings (SSSR count). The number of rotatable bonds is 4. The van der Waals surface area contributed by atoms with Gasteiger partial charge in [0.2, 0.25) is 0 Å². The van der Waals surface area contributed by atoms with E-state index in [1.165, 1.54) is 24.0 Å². The molecule has 0 amide bonds. The lowest BCUT2D eigenvalue weighted by Crippen LogP contribution is -2.11. The maximum Gasteiger partial charge on any atom is 0.131 e. The fourth-order valence-corrected chi connectivity index (χ4v) is 2.91. The Kier molecular flexibility index (Phi) is 3.83. The lowest BCUT2D eigenvalue weighted by Gasteiger charge is -2.09. The van der Waals surface area contributed by atoms with Gasteiger partial charge in [-0.25, -0.2) is 4.39 Å². The number of hydrogen-bond acceptors (Lipinski definition) is 1. The van der Waals surface area contributed by atoms with E-state index in [9.17, 15) is 4.39 Å². The van der Waals surface area contributed by atoms with Crippen molar-refractivity contribution in [3.05, 3.63) is 58.9 Å². The van der Waals surface area contributed by atoms with E-state index in [2.05, 4.69) is 24.4 Å². The molecule has 2 heteroatoms. The highest BCUT2D eigenvalue weighted by molar-refractivity contribution is 5.66. The van der Waals surface area contributed by atoms with Crippen LogP contribution < -0.4 is 5.32 Å². The predicted octanol–water partition coefficient (Wildman–Crippen LogP) is 4.09. The van der Waals surface area contributed by atoms with Crippen molar-refractivity contribution in [3.8, 4) is 11.1 Å². The summed E-state index contributed by atoms with van der Waals surface area (Å²) in [5.74, 6) is -0.127. The average molecular weight is 269 g/mol. The number of aryl methyl sites for hydroxylation is 2. The standard InChI is InChI=1S/C18H20FN/c1-2-20-12-13-6-9-17(18(19)10-13)16-8-7-14-4-3-5-15(14)11-16/h6-11,20H,2-5,12H2,1H3. The molecule has 0 saturated heterocycles. The molecule has 1 N–H and O–H groups in total. The normalized spacial score (nSPS) is 13.5. The van der Waals surface area contributed by atoms with Crippen LogP contribution in [0.3, 0.4) is 0 Å². The summed E-state index contributed by atoms with van der Waals surface area (Å²) in [6.45, 7) is 3.67. The number of hydrogen-bond donors (Lipinski definition) is 1. The molecule has 0 aliphatic heterocycles. The highest BCUT2D eigenvalue weighted by Crippen LogP contribution is 2.29. The third-order valence-electron chi connectivity index (χ3n) is 4.02. The van der Waals surface area contributed by atoms with Crippen LogP contribution in [0.4, 0.5) is 4.39 Å². The molecule has 1 aliphatic carbocycles. The Balaban J connectivity index is 1.90. The second kappa shape index (κ2) is 5.76. The molecule has 0 fully saturated rings. The summed E-state index contributed by atoms with van der Waals surface area (Å²) in [6.07, 6.45) is 3.52. The van der Waals surface area contributed by atoms with Crippen LogP contribution in [0, 0.1) is 5.82 Å². The fourth-order valence-electron chi connectivity index (χ4n) is 2.91. The third-order valence-corrected chi connectivity index (χ3v) is 4.02. The van der Waals surface area contributed by atoms with E-state index in [4.69, 9.17) is 0 Å². The zero-order chi connectivity index (χ0) is 13.9. The second-order valence-electron chi connectivity index (χ2n) is 5.43. The van der Waals surface area contributed by atoms with E-state index in [1.807, 2.05) is 18.2 Å². The summed E-state index contributed by atoms with van der Waals surface area (Å²) in [7, 11) is 0. The molecule has 0 atom stereocenters. The molecule has 0 unspecified atom stereocenters. The van der Waals surface area contributed by atoms with E-state index in [0.29, 0.717) is 5.56 Å². The molecule has 0 spiro atoms. The second-order valence-corrected chi connectivity index (χ2v) is 5.43. The highest BCUT2D eigenvalue weighted by atomic mass is 19.1. The minimum Gasteiger partial charge on any atom is -0.313 e. The van der Waals surface area contributed by atoms with Crippen LogP contribution in [-0.2, 0) is 19.4 Å². The van der Waals surface area contributed by atoms with Gasteiger partial charge in [-0.05, 0) is 54.1 Å². The fraction of sp³-hybridized carbons (Fsp3) is 0.333. The molecule has 0 saturated carbocycles. The lowest BCUT2D eigenvalue weighted by molar-refractivity contribution is 0.625. The monoisotopic (exact) mass is 269 g/mol. The summed E-state index contributed by atoms with van der Waals surface area (Å²) in [4.78, 5) is 0. The van der Waals surface area contributed by atoms with Crippen molar-refractivity contribution < 1.29 is 4.39 Å². The number of benzene rings is 2. The van der Waals surface area contributed by atoms with Crippen molar-refractivity contribution in [1.82, 2.24) is 5.32 Å². The lowest BCUT2D eigenvalue weighted by atomic mass is 9.99. The largest absolute Gasteiger partial charge is 0.313 e. The average Bonchev–Trinajstić information content (AvgIpc) is 2.92. The van der Waals surface area contributed by atoms with Crippen LogP contribution in [0.25, 0.3) is 11.1 Å². The van der Waals surface area contributed by atoms with Gasteiger partial charge in [0.15, 0.2) is 0 Å². The Bertz CT molecular complexity index is 619. The molecule has 104 valence electrons. The van der Waals surface area contributed by atoms with Gasteiger partial charge in [-0.15, -0.1) is 0 Å². The van der Waals surface area contributed by atoms with Gasteiger partial charge in [0.1, 0.15) is 5.82 Å². The SMILES string of the molecule is CCNCc1ccc(-c2ccc3c(c2)CCC3)c(F)c1. The van der Waals surface area contributed by atoms with Gasteiger partial charge < -0.3 is 5.32 Å². The Morgan fingerprint density at radius 1 is 1.05 bits per heavy atom. The molecule has 0 aromatic heterocycles. The van der Waals surface area contributed by atoms with Gasteiger partial charge in [0.05, 0.1) is 0 Å². The van der Waals surface area contributed by atoms with Gasteiger partial charge in [-0.2, -0.15) is 0 Å². The van der Waals surface area contributed by atoms with Crippen molar-refractivity contribution in [2.75, 3.05) is 6.54 Å². The summed E-state index contributed by atoms with van der Waals surface area (Å²) >= 11 is 0. The van der Waals surface area contributed by atoms with E-state index >= 15 is 0 Å². The van der Waals surface area contributed by atoms with Crippen LogP contribution in [0.5, 0.6) is 0 Å². The molecule has 2 aromatic carbocycles. The van der Waals surface area contributed by atoms with Crippen LogP contribution in [0.1, 0.15) is 30.0 Å². The summed E-state index contributed by atoms with van der Waals surface area (Å²) in [5, 5.41) is 3.22. The number of fused-ring (bicyclic) bond motifs is 1. The minimum atomic E-state index is -0.127. The summed E-state index contributed by atoms with van der Waals surface area (Å²) < 4.78 is 14.3. The molecule has 2 aromatic rings. The van der Waals surface area contributed by atoms with Crippen LogP contribution >= 0.6 is 0 Å². The van der Waals surface area contributed by atoms with Crippen molar-refractivity contribution in [3.63, 3.8) is 0 Å². The minimum absolute atomic E-state index is 0.127. The third kappa shape index (κ3) is 2.61. The Labute approximate surface area is 119 Å². The molecule has 0 radical (unpaired) electrons. The molecule has 1 aliphatic rings. The van der Waals surface area contributed by atoms with Gasteiger partial charge in [-0.3, -0.25) is 0 Å². The Morgan fingerprint density at radius 2 is 1.90 bits per heavy atom. The first kappa shape index (κ1) is 13.3. The van der Waals surface area contributed by atoms with E-state index in [0.717, 1.165) is 30.6 Å². The van der Waals surface area contributed by atoms with Crippen LogP contribution in [-0.4, -0.2) is 6.54 Å². The van der Waals surface area contributed by atoms with E-state index in [1.54, 1.807) is 6.07 Å². The smallest absolute Gasteiger partial charge is 0.131 e. The maximum atomic E-state index is 14.3. The first-order valence-electron chi connectivity index (χ1n) is 7.39. The van der Waals surface area contributed by atoms with Gasteiger partial charge in [-0.1, -0.05) is 37.3 Å². The molecule has 20 heavy (non-hydrogen) atoms. The number of halogens is 1. The molecular formula is C18H20FN. The maximum absolute atomic E-state index is 14.3. The highest BCUT2D eigenvalue weighted by Gasteiger charge is 2.13. The zero-order valence-electron chi connectivity index (χ0n) is 11.9. The molecular weight excluding hydrogens is 249 g/mol. The molecule has 0 heterocycles. The first-order chi connectivity index (χ1) is 9.78. The van der Waals surface area contributed by atoms with Crippen molar-refractivity contribution in [2.45, 2.75) is 32.7 Å². The van der Waals surface area contributed by atoms with E-state index < -0.39 is 0 Å².